The zero-order chi connectivity index (χ0) is 13.3. The number of benzene rings is 1. The summed E-state index contributed by atoms with van der Waals surface area (Å²) in [6, 6.07) is 3.47. The summed E-state index contributed by atoms with van der Waals surface area (Å²) in [5.74, 6) is -0.497. The van der Waals surface area contributed by atoms with Gasteiger partial charge in [-0.2, -0.15) is 0 Å². The van der Waals surface area contributed by atoms with E-state index in [1.807, 2.05) is 0 Å². The van der Waals surface area contributed by atoms with Gasteiger partial charge in [0.25, 0.3) is 0 Å². The number of halogens is 3. The number of pyridine rings is 1. The highest BCUT2D eigenvalue weighted by molar-refractivity contribution is 9.10. The van der Waals surface area contributed by atoms with Gasteiger partial charge in [-0.05, 0) is 19.1 Å². The zero-order valence-electron chi connectivity index (χ0n) is 9.34. The van der Waals surface area contributed by atoms with Crippen LogP contribution in [-0.4, -0.2) is 17.6 Å². The lowest BCUT2D eigenvalue weighted by Crippen LogP contribution is -2.06. The summed E-state index contributed by atoms with van der Waals surface area (Å²) < 4.78 is 5.64. The van der Waals surface area contributed by atoms with Gasteiger partial charge in [0.05, 0.1) is 27.7 Å². The Balaban J connectivity index is 2.71. The van der Waals surface area contributed by atoms with Gasteiger partial charge in [-0.15, -0.1) is 0 Å². The lowest BCUT2D eigenvalue weighted by molar-refractivity contribution is 0.0526. The first-order valence-electron chi connectivity index (χ1n) is 5.15. The Morgan fingerprint density at radius 3 is 2.83 bits per heavy atom. The molecule has 3 nitrogen and oxygen atoms in total. The fraction of sp³-hybridized carbons (Fsp3) is 0.167. The Labute approximate surface area is 122 Å². The fourth-order valence-electron chi connectivity index (χ4n) is 1.55. The lowest BCUT2D eigenvalue weighted by atomic mass is 10.1. The van der Waals surface area contributed by atoms with Crippen LogP contribution in [0.1, 0.15) is 17.3 Å². The number of carbonyl (C=O) groups excluding carboxylic acids is 1. The molecule has 18 heavy (non-hydrogen) atoms. The third kappa shape index (κ3) is 2.32. The standard InChI is InChI=1S/C12H8BrCl2NO2/c1-2-18-12(17)6-5-16-11-8(14)4-3-7(13)9(11)10(6)15/h3-5H,2H2,1H3. The third-order valence-corrected chi connectivity index (χ3v) is 3.71. The summed E-state index contributed by atoms with van der Waals surface area (Å²) in [6.07, 6.45) is 1.38. The molecule has 0 aliphatic heterocycles. The lowest BCUT2D eigenvalue weighted by Gasteiger charge is -2.08. The quantitative estimate of drug-likeness (QED) is 0.751. The van der Waals surface area contributed by atoms with Crippen LogP contribution in [0.15, 0.2) is 22.8 Å². The molecular weight excluding hydrogens is 341 g/mol. The van der Waals surface area contributed by atoms with Crippen LogP contribution in [0.25, 0.3) is 10.9 Å². The van der Waals surface area contributed by atoms with E-state index in [0.717, 1.165) is 4.47 Å². The third-order valence-electron chi connectivity index (χ3n) is 2.35. The van der Waals surface area contributed by atoms with Crippen molar-refractivity contribution in [1.29, 1.82) is 0 Å². The van der Waals surface area contributed by atoms with Crippen molar-refractivity contribution in [2.45, 2.75) is 6.92 Å². The van der Waals surface area contributed by atoms with E-state index in [0.29, 0.717) is 15.9 Å². The Hall–Kier alpha value is -0.840. The molecular formula is C12H8BrCl2NO2. The second-order valence-corrected chi connectivity index (χ2v) is 5.10. The molecule has 0 aliphatic rings. The number of esters is 1. The largest absolute Gasteiger partial charge is 0.462 e. The first-order valence-corrected chi connectivity index (χ1v) is 6.70. The van der Waals surface area contributed by atoms with E-state index in [9.17, 15) is 4.79 Å². The van der Waals surface area contributed by atoms with Gasteiger partial charge in [0.1, 0.15) is 0 Å². The van der Waals surface area contributed by atoms with E-state index in [-0.39, 0.29) is 17.2 Å². The molecule has 0 radical (unpaired) electrons. The van der Waals surface area contributed by atoms with E-state index < -0.39 is 5.97 Å². The molecule has 0 atom stereocenters. The number of hydrogen-bond acceptors (Lipinski definition) is 3. The van der Waals surface area contributed by atoms with Gasteiger partial charge >= 0.3 is 5.97 Å². The molecule has 6 heteroatoms. The van der Waals surface area contributed by atoms with E-state index in [1.54, 1.807) is 19.1 Å². The van der Waals surface area contributed by atoms with Crippen molar-refractivity contribution >= 4 is 56.0 Å². The molecule has 94 valence electrons. The summed E-state index contributed by atoms with van der Waals surface area (Å²) in [5.41, 5.74) is 0.776. The molecule has 0 fully saturated rings. The van der Waals surface area contributed by atoms with Crippen molar-refractivity contribution in [1.82, 2.24) is 4.98 Å². The maximum absolute atomic E-state index is 11.7. The summed E-state index contributed by atoms with van der Waals surface area (Å²) in [7, 11) is 0. The molecule has 0 amide bonds. The number of nitrogens with zero attached hydrogens (tertiary/aromatic N) is 1. The zero-order valence-corrected chi connectivity index (χ0v) is 12.4. The summed E-state index contributed by atoms with van der Waals surface area (Å²) in [4.78, 5) is 15.9. The molecule has 0 saturated heterocycles. The van der Waals surface area contributed by atoms with Crippen LogP contribution in [0.5, 0.6) is 0 Å². The SMILES string of the molecule is CCOC(=O)c1cnc2c(Cl)ccc(Br)c2c1Cl. The van der Waals surface area contributed by atoms with Crippen molar-refractivity contribution in [3.05, 3.63) is 38.4 Å². The molecule has 0 N–H and O–H groups in total. The second-order valence-electron chi connectivity index (χ2n) is 3.46. The highest BCUT2D eigenvalue weighted by atomic mass is 79.9. The molecule has 0 saturated carbocycles. The maximum Gasteiger partial charge on any atom is 0.341 e. The van der Waals surface area contributed by atoms with Crippen LogP contribution in [0.2, 0.25) is 10.0 Å². The first-order chi connectivity index (χ1) is 8.56. The number of aromatic nitrogens is 1. The topological polar surface area (TPSA) is 39.2 Å². The minimum absolute atomic E-state index is 0.231. The number of carbonyl (C=O) groups is 1. The van der Waals surface area contributed by atoms with Gasteiger partial charge in [0.2, 0.25) is 0 Å². The average Bonchev–Trinajstić information content (AvgIpc) is 2.34. The van der Waals surface area contributed by atoms with E-state index >= 15 is 0 Å². The van der Waals surface area contributed by atoms with E-state index in [2.05, 4.69) is 20.9 Å². The van der Waals surface area contributed by atoms with Crippen molar-refractivity contribution in [2.24, 2.45) is 0 Å². The van der Waals surface area contributed by atoms with Gasteiger partial charge in [-0.1, -0.05) is 39.1 Å². The molecule has 1 aromatic carbocycles. The monoisotopic (exact) mass is 347 g/mol. The number of fused-ring (bicyclic) bond motifs is 1. The smallest absolute Gasteiger partial charge is 0.341 e. The van der Waals surface area contributed by atoms with Crippen LogP contribution in [0.4, 0.5) is 0 Å². The molecule has 0 spiro atoms. The van der Waals surface area contributed by atoms with Crippen LogP contribution < -0.4 is 0 Å². The van der Waals surface area contributed by atoms with Crippen molar-refractivity contribution < 1.29 is 9.53 Å². The van der Waals surface area contributed by atoms with Crippen molar-refractivity contribution in [3.63, 3.8) is 0 Å². The van der Waals surface area contributed by atoms with E-state index in [4.69, 9.17) is 27.9 Å². The van der Waals surface area contributed by atoms with Gasteiger partial charge in [-0.3, -0.25) is 4.98 Å². The summed E-state index contributed by atoms with van der Waals surface area (Å²) in [6.45, 7) is 2.01. The van der Waals surface area contributed by atoms with Crippen molar-refractivity contribution in [2.75, 3.05) is 6.61 Å². The first kappa shape index (κ1) is 13.6. The molecule has 0 unspecified atom stereocenters. The van der Waals surface area contributed by atoms with Gasteiger partial charge in [0.15, 0.2) is 0 Å². The number of hydrogen-bond donors (Lipinski definition) is 0. The van der Waals surface area contributed by atoms with Gasteiger partial charge in [0, 0.05) is 16.1 Å². The molecule has 2 rings (SSSR count). The normalized spacial score (nSPS) is 10.7. The van der Waals surface area contributed by atoms with Crippen LogP contribution in [-0.2, 0) is 4.74 Å². The van der Waals surface area contributed by atoms with E-state index in [1.165, 1.54) is 6.20 Å². The summed E-state index contributed by atoms with van der Waals surface area (Å²) in [5, 5.41) is 1.37. The molecule has 0 bridgehead atoms. The maximum atomic E-state index is 11.7. The van der Waals surface area contributed by atoms with Crippen LogP contribution in [0, 0.1) is 0 Å². The molecule has 1 aromatic heterocycles. The highest BCUT2D eigenvalue weighted by Crippen LogP contribution is 2.35. The minimum Gasteiger partial charge on any atom is -0.462 e. The van der Waals surface area contributed by atoms with Crippen LogP contribution >= 0.6 is 39.1 Å². The van der Waals surface area contributed by atoms with Crippen molar-refractivity contribution in [3.8, 4) is 0 Å². The Morgan fingerprint density at radius 1 is 1.44 bits per heavy atom. The molecule has 2 aromatic rings. The summed E-state index contributed by atoms with van der Waals surface area (Å²) >= 11 is 15.6. The fourth-order valence-corrected chi connectivity index (χ4v) is 2.70. The Morgan fingerprint density at radius 2 is 2.17 bits per heavy atom. The highest BCUT2D eigenvalue weighted by Gasteiger charge is 2.17. The minimum atomic E-state index is -0.497. The predicted molar refractivity (Wildman–Crippen MR) is 75.4 cm³/mol. The second kappa shape index (κ2) is 5.43. The number of rotatable bonds is 2. The molecule has 0 aliphatic carbocycles. The van der Waals surface area contributed by atoms with Gasteiger partial charge < -0.3 is 4.74 Å². The Bertz CT molecular complexity index is 631. The Kier molecular flexibility index (Phi) is 4.10. The average molecular weight is 349 g/mol. The van der Waals surface area contributed by atoms with Gasteiger partial charge in [-0.25, -0.2) is 4.79 Å². The predicted octanol–water partition coefficient (Wildman–Crippen LogP) is 4.48. The molecule has 1 heterocycles. The number of ether oxygens (including phenoxy) is 1. The van der Waals surface area contributed by atoms with Crippen LogP contribution in [0.3, 0.4) is 0 Å².